The van der Waals surface area contributed by atoms with Crippen LogP contribution in [0.3, 0.4) is 0 Å². The molecule has 164 valence electrons. The summed E-state index contributed by atoms with van der Waals surface area (Å²) in [4.78, 5) is 25.0. The van der Waals surface area contributed by atoms with Crippen molar-refractivity contribution >= 4 is 17.5 Å². The standard InChI is InChI=1S/C22H26N4O5/c1-4-12-23-22(28)20-18(13-26(5-2)25-20)24-21(27)19-11-10-17(31-19)14-30-16-8-6-15(29-3)7-9-16/h6-11,13H,4-5,12,14H2,1-3H3,(H,23,28)(H,24,27). The first kappa shape index (κ1) is 21.9. The predicted molar refractivity (Wildman–Crippen MR) is 115 cm³/mol. The molecule has 9 nitrogen and oxygen atoms in total. The third kappa shape index (κ3) is 5.65. The second kappa shape index (κ2) is 10.3. The first-order chi connectivity index (χ1) is 15.0. The van der Waals surface area contributed by atoms with Crippen LogP contribution in [0.2, 0.25) is 0 Å². The SMILES string of the molecule is CCCNC(=O)c1nn(CC)cc1NC(=O)c1ccc(COc2ccc(OC)cc2)o1. The van der Waals surface area contributed by atoms with Gasteiger partial charge in [-0.15, -0.1) is 0 Å². The van der Waals surface area contributed by atoms with E-state index in [1.165, 1.54) is 0 Å². The number of anilines is 1. The molecule has 0 radical (unpaired) electrons. The molecule has 2 N–H and O–H groups in total. The Balaban J connectivity index is 1.64. The molecule has 0 atom stereocenters. The molecule has 0 saturated carbocycles. The highest BCUT2D eigenvalue weighted by molar-refractivity contribution is 6.07. The van der Waals surface area contributed by atoms with Crippen LogP contribution in [0.15, 0.2) is 47.0 Å². The van der Waals surface area contributed by atoms with Gasteiger partial charge in [0.1, 0.15) is 23.9 Å². The van der Waals surface area contributed by atoms with Gasteiger partial charge in [0.25, 0.3) is 11.8 Å². The number of aromatic nitrogens is 2. The summed E-state index contributed by atoms with van der Waals surface area (Å²) >= 11 is 0. The number of methoxy groups -OCH3 is 1. The normalized spacial score (nSPS) is 10.5. The van der Waals surface area contributed by atoms with E-state index in [1.807, 2.05) is 13.8 Å². The molecule has 0 aliphatic carbocycles. The van der Waals surface area contributed by atoms with Gasteiger partial charge in [-0.3, -0.25) is 14.3 Å². The summed E-state index contributed by atoms with van der Waals surface area (Å²) in [5, 5.41) is 9.72. The van der Waals surface area contributed by atoms with Gasteiger partial charge < -0.3 is 24.5 Å². The largest absolute Gasteiger partial charge is 0.497 e. The molecule has 0 aliphatic rings. The Morgan fingerprint density at radius 1 is 1.06 bits per heavy atom. The van der Waals surface area contributed by atoms with Gasteiger partial charge in [0, 0.05) is 19.3 Å². The minimum absolute atomic E-state index is 0.109. The van der Waals surface area contributed by atoms with Gasteiger partial charge in [0.2, 0.25) is 0 Å². The van der Waals surface area contributed by atoms with Crippen molar-refractivity contribution in [3.05, 3.63) is 59.8 Å². The Hall–Kier alpha value is -3.75. The van der Waals surface area contributed by atoms with Gasteiger partial charge in [-0.25, -0.2) is 0 Å². The fourth-order valence-corrected chi connectivity index (χ4v) is 2.75. The number of furan rings is 1. The van der Waals surface area contributed by atoms with E-state index >= 15 is 0 Å². The number of carbonyl (C=O) groups is 2. The molecule has 0 saturated heterocycles. The lowest BCUT2D eigenvalue weighted by molar-refractivity contribution is 0.0948. The molecule has 31 heavy (non-hydrogen) atoms. The number of amides is 2. The van der Waals surface area contributed by atoms with Crippen LogP contribution in [0.25, 0.3) is 0 Å². The van der Waals surface area contributed by atoms with Crippen molar-refractivity contribution in [3.63, 3.8) is 0 Å². The smallest absolute Gasteiger partial charge is 0.291 e. The molecule has 0 spiro atoms. The fraction of sp³-hybridized carbons (Fsp3) is 0.318. The number of aryl methyl sites for hydroxylation is 1. The van der Waals surface area contributed by atoms with Gasteiger partial charge in [-0.2, -0.15) is 5.10 Å². The van der Waals surface area contributed by atoms with Crippen LogP contribution >= 0.6 is 0 Å². The number of hydrogen-bond donors (Lipinski definition) is 2. The quantitative estimate of drug-likeness (QED) is 0.514. The van der Waals surface area contributed by atoms with Crippen molar-refractivity contribution in [2.45, 2.75) is 33.4 Å². The highest BCUT2D eigenvalue weighted by Gasteiger charge is 2.20. The lowest BCUT2D eigenvalue weighted by Gasteiger charge is -2.06. The van der Waals surface area contributed by atoms with Crippen LogP contribution in [-0.4, -0.2) is 35.2 Å². The Bertz CT molecular complexity index is 1020. The number of carbonyl (C=O) groups excluding carboxylic acids is 2. The van der Waals surface area contributed by atoms with Gasteiger partial charge in [0.15, 0.2) is 11.5 Å². The van der Waals surface area contributed by atoms with Gasteiger partial charge in [-0.05, 0) is 49.7 Å². The lowest BCUT2D eigenvalue weighted by atomic mass is 10.3. The Morgan fingerprint density at radius 3 is 2.48 bits per heavy atom. The van der Waals surface area contributed by atoms with E-state index in [4.69, 9.17) is 13.9 Å². The van der Waals surface area contributed by atoms with Crippen molar-refractivity contribution < 1.29 is 23.5 Å². The number of rotatable bonds is 10. The van der Waals surface area contributed by atoms with E-state index in [2.05, 4.69) is 15.7 Å². The summed E-state index contributed by atoms with van der Waals surface area (Å²) in [5.41, 5.74) is 0.492. The highest BCUT2D eigenvalue weighted by atomic mass is 16.5. The molecule has 0 bridgehead atoms. The van der Waals surface area contributed by atoms with E-state index in [0.29, 0.717) is 30.3 Å². The third-order valence-electron chi connectivity index (χ3n) is 4.41. The van der Waals surface area contributed by atoms with E-state index < -0.39 is 5.91 Å². The van der Waals surface area contributed by atoms with Crippen molar-refractivity contribution in [1.29, 1.82) is 0 Å². The molecule has 2 amide bonds. The summed E-state index contributed by atoms with van der Waals surface area (Å²) in [6.07, 6.45) is 2.42. The van der Waals surface area contributed by atoms with Crippen molar-refractivity contribution in [2.75, 3.05) is 19.0 Å². The molecule has 0 aliphatic heterocycles. The van der Waals surface area contributed by atoms with E-state index in [-0.39, 0.29) is 24.0 Å². The molecular weight excluding hydrogens is 400 g/mol. The Morgan fingerprint density at radius 2 is 1.81 bits per heavy atom. The molecule has 3 rings (SSSR count). The Kier molecular flexibility index (Phi) is 7.31. The summed E-state index contributed by atoms with van der Waals surface area (Å²) in [5.74, 6) is 1.17. The average molecular weight is 426 g/mol. The number of benzene rings is 1. The molecule has 2 heterocycles. The van der Waals surface area contributed by atoms with E-state index in [0.717, 1.165) is 12.2 Å². The maximum atomic E-state index is 12.6. The number of nitrogens with one attached hydrogen (secondary N) is 2. The van der Waals surface area contributed by atoms with Crippen molar-refractivity contribution in [3.8, 4) is 11.5 Å². The summed E-state index contributed by atoms with van der Waals surface area (Å²) in [6, 6.07) is 10.4. The zero-order chi connectivity index (χ0) is 22.2. The van der Waals surface area contributed by atoms with E-state index in [1.54, 1.807) is 54.4 Å². The van der Waals surface area contributed by atoms with Crippen molar-refractivity contribution in [1.82, 2.24) is 15.1 Å². The van der Waals surface area contributed by atoms with Crippen molar-refractivity contribution in [2.24, 2.45) is 0 Å². The lowest BCUT2D eigenvalue weighted by Crippen LogP contribution is -2.26. The maximum Gasteiger partial charge on any atom is 0.291 e. The number of ether oxygens (including phenoxy) is 2. The predicted octanol–water partition coefficient (Wildman–Crippen LogP) is 3.48. The number of hydrogen-bond acceptors (Lipinski definition) is 6. The molecule has 1 aromatic carbocycles. The molecule has 3 aromatic rings. The molecule has 9 heteroatoms. The topological polar surface area (TPSA) is 108 Å². The zero-order valence-electron chi connectivity index (χ0n) is 17.8. The van der Waals surface area contributed by atoms with Gasteiger partial charge >= 0.3 is 0 Å². The van der Waals surface area contributed by atoms with E-state index in [9.17, 15) is 9.59 Å². The van der Waals surface area contributed by atoms with Crippen LogP contribution < -0.4 is 20.1 Å². The summed E-state index contributed by atoms with van der Waals surface area (Å²) < 4.78 is 18.0. The van der Waals surface area contributed by atoms with Crippen LogP contribution in [0.1, 0.15) is 47.1 Å². The summed E-state index contributed by atoms with van der Waals surface area (Å²) in [6.45, 7) is 5.12. The number of nitrogens with zero attached hydrogens (tertiary/aromatic N) is 2. The fourth-order valence-electron chi connectivity index (χ4n) is 2.75. The van der Waals surface area contributed by atoms with Crippen LogP contribution in [0.5, 0.6) is 11.5 Å². The first-order valence-electron chi connectivity index (χ1n) is 10.1. The third-order valence-corrected chi connectivity index (χ3v) is 4.41. The molecular formula is C22H26N4O5. The maximum absolute atomic E-state index is 12.6. The van der Waals surface area contributed by atoms with Gasteiger partial charge in [-0.1, -0.05) is 6.92 Å². The highest BCUT2D eigenvalue weighted by Crippen LogP contribution is 2.20. The van der Waals surface area contributed by atoms with Gasteiger partial charge in [0.05, 0.1) is 12.8 Å². The van der Waals surface area contributed by atoms with Crippen LogP contribution in [-0.2, 0) is 13.2 Å². The zero-order valence-corrected chi connectivity index (χ0v) is 17.8. The molecule has 0 unspecified atom stereocenters. The average Bonchev–Trinajstić information content (AvgIpc) is 3.43. The van der Waals surface area contributed by atoms with Crippen LogP contribution in [0.4, 0.5) is 5.69 Å². The van der Waals surface area contributed by atoms with Crippen LogP contribution in [0, 0.1) is 0 Å². The minimum Gasteiger partial charge on any atom is -0.497 e. The molecule has 0 fully saturated rings. The first-order valence-corrected chi connectivity index (χ1v) is 10.1. The molecule has 2 aromatic heterocycles. The summed E-state index contributed by atoms with van der Waals surface area (Å²) in [7, 11) is 1.60. The monoisotopic (exact) mass is 426 g/mol. The minimum atomic E-state index is -0.476. The second-order valence-electron chi connectivity index (χ2n) is 6.69. The Labute approximate surface area is 180 Å². The second-order valence-corrected chi connectivity index (χ2v) is 6.69.